The standard InChI is InChI=1S/C20H18N4O2S4/c1-2-26-16-8-4-3-7-15(16)18-21-13(11-28-18)10-17(25)22-19-23-24-20(30-19)29-12-14-6-5-9-27-14/h3-9,11H,2,10,12H2,1H3,(H,22,23,25). The van der Waals surface area contributed by atoms with Crippen LogP contribution in [0.1, 0.15) is 17.5 Å². The van der Waals surface area contributed by atoms with Gasteiger partial charge in [-0.15, -0.1) is 32.9 Å². The molecule has 3 heterocycles. The van der Waals surface area contributed by atoms with E-state index in [0.717, 1.165) is 32.1 Å². The summed E-state index contributed by atoms with van der Waals surface area (Å²) < 4.78 is 6.51. The number of rotatable bonds is 9. The summed E-state index contributed by atoms with van der Waals surface area (Å²) in [6, 6.07) is 11.9. The van der Waals surface area contributed by atoms with Gasteiger partial charge in [0.15, 0.2) is 4.34 Å². The molecule has 0 atom stereocenters. The summed E-state index contributed by atoms with van der Waals surface area (Å²) in [4.78, 5) is 18.3. The van der Waals surface area contributed by atoms with E-state index in [9.17, 15) is 4.79 Å². The van der Waals surface area contributed by atoms with Gasteiger partial charge in [-0.3, -0.25) is 4.79 Å². The fourth-order valence-corrected chi connectivity index (χ4v) is 6.00. The van der Waals surface area contributed by atoms with E-state index in [1.165, 1.54) is 27.6 Å². The molecule has 4 aromatic rings. The molecular weight excluding hydrogens is 457 g/mol. The summed E-state index contributed by atoms with van der Waals surface area (Å²) in [5, 5.41) is 16.3. The molecule has 1 amide bonds. The van der Waals surface area contributed by atoms with E-state index in [2.05, 4.69) is 31.9 Å². The lowest BCUT2D eigenvalue weighted by Gasteiger charge is -2.07. The molecule has 0 saturated carbocycles. The number of nitrogens with one attached hydrogen (secondary N) is 1. The van der Waals surface area contributed by atoms with Crippen molar-refractivity contribution in [2.24, 2.45) is 0 Å². The van der Waals surface area contributed by atoms with Crippen LogP contribution in [0.2, 0.25) is 0 Å². The van der Waals surface area contributed by atoms with Gasteiger partial charge in [-0.05, 0) is 30.5 Å². The zero-order chi connectivity index (χ0) is 20.8. The highest BCUT2D eigenvalue weighted by Crippen LogP contribution is 2.33. The predicted molar refractivity (Wildman–Crippen MR) is 125 cm³/mol. The maximum atomic E-state index is 12.4. The molecule has 1 aromatic carbocycles. The van der Waals surface area contributed by atoms with Crippen LogP contribution >= 0.6 is 45.8 Å². The first-order chi connectivity index (χ1) is 14.7. The first kappa shape index (κ1) is 21.0. The number of nitrogens with zero attached hydrogens (tertiary/aromatic N) is 3. The Morgan fingerprint density at radius 1 is 1.17 bits per heavy atom. The first-order valence-corrected chi connectivity index (χ1v) is 12.7. The number of thiophene rings is 1. The number of hydrogen-bond donors (Lipinski definition) is 1. The molecule has 0 fully saturated rings. The van der Waals surface area contributed by atoms with E-state index in [4.69, 9.17) is 4.74 Å². The molecule has 0 aliphatic rings. The lowest BCUT2D eigenvalue weighted by atomic mass is 10.2. The summed E-state index contributed by atoms with van der Waals surface area (Å²) in [7, 11) is 0. The third-order valence-electron chi connectivity index (χ3n) is 3.88. The van der Waals surface area contributed by atoms with Crippen molar-refractivity contribution < 1.29 is 9.53 Å². The number of thioether (sulfide) groups is 1. The Hall–Kier alpha value is -2.27. The van der Waals surface area contributed by atoms with E-state index >= 15 is 0 Å². The van der Waals surface area contributed by atoms with Crippen molar-refractivity contribution in [3.63, 3.8) is 0 Å². The SMILES string of the molecule is CCOc1ccccc1-c1nc(CC(=O)Nc2nnc(SCc3cccs3)s2)cs1. The fourth-order valence-electron chi connectivity index (χ4n) is 2.61. The maximum absolute atomic E-state index is 12.4. The largest absolute Gasteiger partial charge is 0.493 e. The van der Waals surface area contributed by atoms with Crippen molar-refractivity contribution in [3.05, 3.63) is 57.7 Å². The molecule has 154 valence electrons. The van der Waals surface area contributed by atoms with Gasteiger partial charge in [-0.2, -0.15) is 0 Å². The van der Waals surface area contributed by atoms with Crippen molar-refractivity contribution in [1.29, 1.82) is 0 Å². The summed E-state index contributed by atoms with van der Waals surface area (Å²) >= 11 is 6.22. The highest BCUT2D eigenvalue weighted by molar-refractivity contribution is 8.00. The fraction of sp³-hybridized carbons (Fsp3) is 0.200. The summed E-state index contributed by atoms with van der Waals surface area (Å²) in [5.41, 5.74) is 1.66. The van der Waals surface area contributed by atoms with Crippen LogP contribution in [0, 0.1) is 0 Å². The second-order valence-electron chi connectivity index (χ2n) is 6.04. The molecule has 0 aliphatic carbocycles. The molecule has 0 spiro atoms. The minimum atomic E-state index is -0.157. The molecule has 0 aliphatic heterocycles. The van der Waals surface area contributed by atoms with Gasteiger partial charge >= 0.3 is 0 Å². The minimum Gasteiger partial charge on any atom is -0.493 e. The van der Waals surface area contributed by atoms with Gasteiger partial charge in [0.25, 0.3) is 0 Å². The van der Waals surface area contributed by atoms with Crippen molar-refractivity contribution in [2.45, 2.75) is 23.4 Å². The normalized spacial score (nSPS) is 10.8. The molecule has 10 heteroatoms. The predicted octanol–water partition coefficient (Wildman–Crippen LogP) is 5.60. The van der Waals surface area contributed by atoms with Crippen LogP contribution in [-0.4, -0.2) is 27.7 Å². The summed E-state index contributed by atoms with van der Waals surface area (Å²) in [5.74, 6) is 1.49. The van der Waals surface area contributed by atoms with Crippen LogP contribution in [0.5, 0.6) is 5.75 Å². The van der Waals surface area contributed by atoms with Crippen molar-refractivity contribution in [1.82, 2.24) is 15.2 Å². The maximum Gasteiger partial charge on any atom is 0.232 e. The van der Waals surface area contributed by atoms with Crippen LogP contribution < -0.4 is 10.1 Å². The van der Waals surface area contributed by atoms with E-state index in [1.54, 1.807) is 23.1 Å². The number of hydrogen-bond acceptors (Lipinski definition) is 9. The van der Waals surface area contributed by atoms with Crippen molar-refractivity contribution in [2.75, 3.05) is 11.9 Å². The molecule has 1 N–H and O–H groups in total. The molecule has 3 aromatic heterocycles. The highest BCUT2D eigenvalue weighted by Gasteiger charge is 2.14. The van der Waals surface area contributed by atoms with Gasteiger partial charge in [0.2, 0.25) is 11.0 Å². The number of amides is 1. The Balaban J connectivity index is 1.34. The highest BCUT2D eigenvalue weighted by atomic mass is 32.2. The number of thiazole rings is 1. The lowest BCUT2D eigenvalue weighted by Crippen LogP contribution is -2.14. The average Bonchev–Trinajstić information content (AvgIpc) is 3.49. The van der Waals surface area contributed by atoms with Gasteiger partial charge in [-0.1, -0.05) is 41.3 Å². The van der Waals surface area contributed by atoms with E-state index in [-0.39, 0.29) is 12.3 Å². The zero-order valence-electron chi connectivity index (χ0n) is 16.0. The van der Waals surface area contributed by atoms with E-state index in [1.807, 2.05) is 42.6 Å². The molecule has 6 nitrogen and oxygen atoms in total. The molecular formula is C20H18N4O2S4. The van der Waals surface area contributed by atoms with Crippen LogP contribution in [0.4, 0.5) is 5.13 Å². The first-order valence-electron chi connectivity index (χ1n) is 9.16. The van der Waals surface area contributed by atoms with E-state index < -0.39 is 0 Å². The Labute approximate surface area is 190 Å². The number of carbonyl (C=O) groups excluding carboxylic acids is 1. The molecule has 0 radical (unpaired) electrons. The van der Waals surface area contributed by atoms with Gasteiger partial charge in [0, 0.05) is 16.0 Å². The third kappa shape index (κ3) is 5.45. The lowest BCUT2D eigenvalue weighted by molar-refractivity contribution is -0.115. The van der Waals surface area contributed by atoms with Crippen LogP contribution in [-0.2, 0) is 17.0 Å². The van der Waals surface area contributed by atoms with Crippen LogP contribution in [0.3, 0.4) is 0 Å². The molecule has 30 heavy (non-hydrogen) atoms. The number of benzene rings is 1. The smallest absolute Gasteiger partial charge is 0.232 e. The summed E-state index contributed by atoms with van der Waals surface area (Å²) in [6.45, 7) is 2.54. The molecule has 0 bridgehead atoms. The van der Waals surface area contributed by atoms with E-state index in [0.29, 0.717) is 11.7 Å². The van der Waals surface area contributed by atoms with Gasteiger partial charge in [0.05, 0.1) is 24.3 Å². The molecule has 4 rings (SSSR count). The second kappa shape index (κ2) is 10.2. The second-order valence-corrected chi connectivity index (χ2v) is 10.1. The number of para-hydroxylation sites is 1. The Bertz CT molecular complexity index is 1110. The van der Waals surface area contributed by atoms with Crippen LogP contribution in [0.15, 0.2) is 51.5 Å². The average molecular weight is 475 g/mol. The molecule has 0 unspecified atom stereocenters. The molecule has 0 saturated heterocycles. The number of anilines is 1. The van der Waals surface area contributed by atoms with Gasteiger partial charge in [0.1, 0.15) is 10.8 Å². The van der Waals surface area contributed by atoms with Gasteiger partial charge in [-0.25, -0.2) is 4.98 Å². The third-order valence-corrected chi connectivity index (χ3v) is 7.89. The van der Waals surface area contributed by atoms with Gasteiger partial charge < -0.3 is 10.1 Å². The number of ether oxygens (including phenoxy) is 1. The Morgan fingerprint density at radius 3 is 2.90 bits per heavy atom. The quantitative estimate of drug-likeness (QED) is 0.251. The van der Waals surface area contributed by atoms with Crippen molar-refractivity contribution >= 4 is 56.8 Å². The number of aromatic nitrogens is 3. The number of carbonyl (C=O) groups is 1. The zero-order valence-corrected chi connectivity index (χ0v) is 19.3. The summed E-state index contributed by atoms with van der Waals surface area (Å²) in [6.07, 6.45) is 0.185. The van der Waals surface area contributed by atoms with Crippen molar-refractivity contribution in [3.8, 4) is 16.3 Å². The topological polar surface area (TPSA) is 77.0 Å². The Morgan fingerprint density at radius 2 is 2.07 bits per heavy atom. The van der Waals surface area contributed by atoms with Crippen LogP contribution in [0.25, 0.3) is 10.6 Å². The monoisotopic (exact) mass is 474 g/mol. The Kier molecular flexibility index (Phi) is 7.11. The minimum absolute atomic E-state index is 0.157.